The van der Waals surface area contributed by atoms with Crippen molar-refractivity contribution in [1.82, 2.24) is 15.1 Å². The van der Waals surface area contributed by atoms with Gasteiger partial charge in [-0.25, -0.2) is 0 Å². The molecule has 102 valence electrons. The summed E-state index contributed by atoms with van der Waals surface area (Å²) in [5.41, 5.74) is 2.20. The number of aromatic nitrogens is 2. The second-order valence-electron chi connectivity index (χ2n) is 5.25. The van der Waals surface area contributed by atoms with Gasteiger partial charge < -0.3 is 10.1 Å². The molecule has 0 amide bonds. The van der Waals surface area contributed by atoms with Gasteiger partial charge in [0.05, 0.1) is 24.4 Å². The molecule has 3 rings (SSSR count). The van der Waals surface area contributed by atoms with E-state index in [0.717, 1.165) is 24.4 Å². The average Bonchev–Trinajstić information content (AvgIpc) is 2.78. The Hall–Kier alpha value is -1.39. The molecule has 0 bridgehead atoms. The molecule has 0 saturated carbocycles. The Kier molecular flexibility index (Phi) is 3.80. The largest absolute Gasteiger partial charge is 0.373 e. The number of hydrogen-bond acceptors (Lipinski definition) is 3. The van der Waals surface area contributed by atoms with Crippen molar-refractivity contribution in [1.29, 1.82) is 0 Å². The first-order valence-electron chi connectivity index (χ1n) is 7.06. The Labute approximate surface area is 113 Å². The molecular formula is C15H21N3O. The predicted octanol–water partition coefficient (Wildman–Crippen LogP) is 2.23. The van der Waals surface area contributed by atoms with Crippen LogP contribution >= 0.6 is 0 Å². The fraction of sp³-hybridized carbons (Fsp3) is 0.533. The van der Waals surface area contributed by atoms with E-state index in [4.69, 9.17) is 4.74 Å². The summed E-state index contributed by atoms with van der Waals surface area (Å²) in [6, 6.07) is 8.81. The van der Waals surface area contributed by atoms with Crippen molar-refractivity contribution < 1.29 is 4.74 Å². The van der Waals surface area contributed by atoms with Gasteiger partial charge in [-0.3, -0.25) is 4.68 Å². The number of aryl methyl sites for hydroxylation is 1. The van der Waals surface area contributed by atoms with Crippen molar-refractivity contribution in [2.45, 2.75) is 31.9 Å². The van der Waals surface area contributed by atoms with Crippen LogP contribution in [0.25, 0.3) is 10.9 Å². The van der Waals surface area contributed by atoms with Gasteiger partial charge in [0.1, 0.15) is 0 Å². The number of benzene rings is 1. The maximum absolute atomic E-state index is 5.84. The molecule has 1 fully saturated rings. The Balaban J connectivity index is 1.62. The number of ether oxygens (including phenoxy) is 1. The maximum atomic E-state index is 5.84. The molecule has 1 N–H and O–H groups in total. The highest BCUT2D eigenvalue weighted by atomic mass is 16.5. The number of piperidine rings is 1. The van der Waals surface area contributed by atoms with E-state index in [-0.39, 0.29) is 0 Å². The smallest absolute Gasteiger partial charge is 0.0960 e. The molecule has 1 aromatic heterocycles. The monoisotopic (exact) mass is 259 g/mol. The van der Waals surface area contributed by atoms with Gasteiger partial charge in [0, 0.05) is 18.5 Å². The summed E-state index contributed by atoms with van der Waals surface area (Å²) < 4.78 is 7.77. The van der Waals surface area contributed by atoms with Gasteiger partial charge in [-0.2, -0.15) is 5.10 Å². The average molecular weight is 259 g/mol. The first-order chi connectivity index (χ1) is 9.34. The summed E-state index contributed by atoms with van der Waals surface area (Å²) in [7, 11) is 1.98. The highest BCUT2D eigenvalue weighted by molar-refractivity contribution is 5.81. The van der Waals surface area contributed by atoms with Crippen molar-refractivity contribution in [3.05, 3.63) is 30.0 Å². The van der Waals surface area contributed by atoms with E-state index in [9.17, 15) is 0 Å². The van der Waals surface area contributed by atoms with E-state index >= 15 is 0 Å². The van der Waals surface area contributed by atoms with Gasteiger partial charge >= 0.3 is 0 Å². The first-order valence-corrected chi connectivity index (χ1v) is 7.06. The second-order valence-corrected chi connectivity index (χ2v) is 5.25. The molecule has 4 heteroatoms. The summed E-state index contributed by atoms with van der Waals surface area (Å²) in [4.78, 5) is 0. The summed E-state index contributed by atoms with van der Waals surface area (Å²) in [5, 5.41) is 9.24. The highest BCUT2D eigenvalue weighted by Crippen LogP contribution is 2.18. The highest BCUT2D eigenvalue weighted by Gasteiger charge is 2.13. The molecule has 1 aromatic carbocycles. The van der Waals surface area contributed by atoms with E-state index in [2.05, 4.69) is 28.6 Å². The van der Waals surface area contributed by atoms with Gasteiger partial charge in [-0.1, -0.05) is 24.6 Å². The van der Waals surface area contributed by atoms with Crippen LogP contribution in [0.4, 0.5) is 0 Å². The summed E-state index contributed by atoms with van der Waals surface area (Å²) >= 11 is 0. The van der Waals surface area contributed by atoms with E-state index in [0.29, 0.717) is 12.6 Å². The third-order valence-electron chi connectivity index (χ3n) is 3.80. The number of rotatable bonds is 4. The normalized spacial score (nSPS) is 19.9. The lowest BCUT2D eigenvalue weighted by molar-refractivity contribution is 0.0894. The maximum Gasteiger partial charge on any atom is 0.0960 e. The fourth-order valence-electron chi connectivity index (χ4n) is 2.76. The molecule has 4 nitrogen and oxygen atoms in total. The molecule has 19 heavy (non-hydrogen) atoms. The lowest BCUT2D eigenvalue weighted by Gasteiger charge is -2.22. The molecule has 0 aliphatic carbocycles. The minimum absolute atomic E-state index is 0.517. The number of para-hydroxylation sites is 1. The molecule has 0 radical (unpaired) electrons. The number of hydrogen-bond donors (Lipinski definition) is 1. The van der Waals surface area contributed by atoms with Crippen molar-refractivity contribution in [3.8, 4) is 0 Å². The second kappa shape index (κ2) is 5.72. The standard InChI is InChI=1S/C15H21N3O/c1-18-15-8-3-2-7-13(15)14(17-18)11-19-10-12-6-4-5-9-16-12/h2-3,7-8,12,16H,4-6,9-11H2,1H3. The van der Waals surface area contributed by atoms with Crippen molar-refractivity contribution in [2.75, 3.05) is 13.2 Å². The number of fused-ring (bicyclic) bond motifs is 1. The van der Waals surface area contributed by atoms with Gasteiger partial charge in [-0.15, -0.1) is 0 Å². The van der Waals surface area contributed by atoms with Crippen molar-refractivity contribution in [2.24, 2.45) is 7.05 Å². The van der Waals surface area contributed by atoms with E-state index in [1.165, 1.54) is 24.6 Å². The van der Waals surface area contributed by atoms with Gasteiger partial charge in [0.15, 0.2) is 0 Å². The zero-order chi connectivity index (χ0) is 13.1. The van der Waals surface area contributed by atoms with Crippen LogP contribution in [0.2, 0.25) is 0 Å². The number of nitrogens with zero attached hydrogens (tertiary/aromatic N) is 2. The van der Waals surface area contributed by atoms with Gasteiger partial charge in [-0.05, 0) is 25.5 Å². The predicted molar refractivity (Wildman–Crippen MR) is 76.0 cm³/mol. The van der Waals surface area contributed by atoms with Crippen LogP contribution in [-0.2, 0) is 18.4 Å². The van der Waals surface area contributed by atoms with E-state index in [1.807, 2.05) is 17.8 Å². The molecule has 1 atom stereocenters. The summed E-state index contributed by atoms with van der Waals surface area (Å²) in [5.74, 6) is 0. The Bertz CT molecular complexity index is 543. The lowest BCUT2D eigenvalue weighted by atomic mass is 10.1. The van der Waals surface area contributed by atoms with E-state index < -0.39 is 0 Å². The van der Waals surface area contributed by atoms with Gasteiger partial charge in [0.25, 0.3) is 0 Å². The molecule has 2 aromatic rings. The molecule has 0 spiro atoms. The minimum Gasteiger partial charge on any atom is -0.373 e. The summed E-state index contributed by atoms with van der Waals surface area (Å²) in [6.45, 7) is 2.50. The zero-order valence-corrected chi connectivity index (χ0v) is 11.4. The van der Waals surface area contributed by atoms with Crippen molar-refractivity contribution >= 4 is 10.9 Å². The molecule has 1 unspecified atom stereocenters. The van der Waals surface area contributed by atoms with Crippen LogP contribution in [0.5, 0.6) is 0 Å². The SMILES string of the molecule is Cn1nc(COCC2CCCCN2)c2ccccc21. The van der Waals surface area contributed by atoms with Crippen LogP contribution in [0.3, 0.4) is 0 Å². The third-order valence-corrected chi connectivity index (χ3v) is 3.80. The van der Waals surface area contributed by atoms with Gasteiger partial charge in [0.2, 0.25) is 0 Å². The zero-order valence-electron chi connectivity index (χ0n) is 11.4. The Morgan fingerprint density at radius 1 is 1.37 bits per heavy atom. The quantitative estimate of drug-likeness (QED) is 0.915. The molecular weight excluding hydrogens is 238 g/mol. The summed E-state index contributed by atoms with van der Waals surface area (Å²) in [6.07, 6.45) is 3.83. The van der Waals surface area contributed by atoms with Crippen LogP contribution < -0.4 is 5.32 Å². The third kappa shape index (κ3) is 2.80. The fourth-order valence-corrected chi connectivity index (χ4v) is 2.76. The topological polar surface area (TPSA) is 39.1 Å². The van der Waals surface area contributed by atoms with Crippen LogP contribution in [0, 0.1) is 0 Å². The van der Waals surface area contributed by atoms with Crippen LogP contribution in [-0.4, -0.2) is 29.0 Å². The van der Waals surface area contributed by atoms with Crippen LogP contribution in [0.1, 0.15) is 25.0 Å². The Morgan fingerprint density at radius 3 is 3.11 bits per heavy atom. The lowest BCUT2D eigenvalue weighted by Crippen LogP contribution is -2.37. The van der Waals surface area contributed by atoms with Crippen molar-refractivity contribution in [3.63, 3.8) is 0 Å². The van der Waals surface area contributed by atoms with E-state index in [1.54, 1.807) is 0 Å². The molecule has 1 aliphatic heterocycles. The minimum atomic E-state index is 0.517. The van der Waals surface area contributed by atoms with Crippen LogP contribution in [0.15, 0.2) is 24.3 Å². The first kappa shape index (κ1) is 12.6. The molecule has 2 heterocycles. The molecule has 1 aliphatic rings. The molecule has 1 saturated heterocycles. The number of nitrogens with one attached hydrogen (secondary N) is 1. The Morgan fingerprint density at radius 2 is 2.26 bits per heavy atom.